The molecule has 0 aliphatic carbocycles. The summed E-state index contributed by atoms with van der Waals surface area (Å²) in [5, 5.41) is 14.8. The largest absolute Gasteiger partial charge is 0.497 e. The minimum atomic E-state index is 0.855. The molecule has 7 heteroatoms. The van der Waals surface area contributed by atoms with Crippen LogP contribution in [0.2, 0.25) is 0 Å². The molecule has 528 valence electrons. The Labute approximate surface area is 639 Å². The van der Waals surface area contributed by atoms with Gasteiger partial charge in [-0.05, 0) is 278 Å². The van der Waals surface area contributed by atoms with Crippen LogP contribution in [0, 0.1) is 13.8 Å². The van der Waals surface area contributed by atoms with Gasteiger partial charge in [0.15, 0.2) is 0 Å². The summed E-state index contributed by atoms with van der Waals surface area (Å²) in [6, 6.07) is 143. The van der Waals surface area contributed by atoms with Crippen LogP contribution in [0.5, 0.6) is 5.75 Å². The average Bonchev–Trinajstić information content (AvgIpc) is 0.787. The number of ether oxygens (including phenoxy) is 1. The Morgan fingerprint density at radius 2 is 0.376 bits per heavy atom. The topological polar surface area (TPSA) is 28.7 Å². The molecule has 0 aromatic heterocycles. The van der Waals surface area contributed by atoms with Gasteiger partial charge in [0, 0.05) is 106 Å². The number of aryl methyl sites for hydroxylation is 2. The average molecular weight is 1410 g/mol. The standard InChI is InChI=1S/C34H28N2O.2C34H28N2/c1-35(30-19-21-34(37-2)22-20-30)29-15-17-31(18-16-29)36(32-13-11-25-7-3-5-9-27(25)23-32)33-14-12-26-8-4-6-10-28(26)24-33;1-25-8-7-13-32(22-25)35(2)30-18-20-31(21-19-30)36(33-16-14-26-9-3-5-11-28(26)23-33)34-17-15-27-10-4-6-12-29(27)24-34;1-25-11-15-30(16-12-25)35(2)31-19-21-32(22-20-31)36(33-17-13-26-7-3-5-9-28(26)23-33)34-18-14-27-8-4-6-10-29(27)24-34/h3-24H,1-2H3;2*3-24H,1-2H3. The van der Waals surface area contributed by atoms with Gasteiger partial charge >= 0.3 is 0 Å². The lowest BCUT2D eigenvalue weighted by Crippen LogP contribution is -2.12. The second kappa shape index (κ2) is 31.4. The van der Waals surface area contributed by atoms with E-state index in [9.17, 15) is 0 Å². The van der Waals surface area contributed by atoms with E-state index in [1.54, 1.807) is 7.11 Å². The van der Waals surface area contributed by atoms with E-state index in [1.165, 1.54) is 87.1 Å². The van der Waals surface area contributed by atoms with Crippen molar-refractivity contribution in [3.8, 4) is 5.75 Å². The molecule has 0 unspecified atom stereocenters. The zero-order valence-electron chi connectivity index (χ0n) is 62.2. The zero-order valence-corrected chi connectivity index (χ0v) is 62.2. The van der Waals surface area contributed by atoms with Crippen LogP contribution in [-0.4, -0.2) is 28.3 Å². The highest BCUT2D eigenvalue weighted by atomic mass is 16.5. The maximum absolute atomic E-state index is 5.31. The fraction of sp³-hybridized carbons (Fsp3) is 0.0588. The quantitative estimate of drug-likeness (QED) is 0.0952. The van der Waals surface area contributed by atoms with E-state index in [2.05, 4.69) is 453 Å². The Morgan fingerprint density at radius 3 is 0.624 bits per heavy atom. The van der Waals surface area contributed by atoms with Gasteiger partial charge in [-0.15, -0.1) is 0 Å². The van der Waals surface area contributed by atoms with Crippen LogP contribution in [0.3, 0.4) is 0 Å². The molecule has 0 fully saturated rings. The van der Waals surface area contributed by atoms with Crippen molar-refractivity contribution in [2.75, 3.05) is 57.7 Å². The van der Waals surface area contributed by atoms with Crippen molar-refractivity contribution in [1.82, 2.24) is 0 Å². The summed E-state index contributed by atoms with van der Waals surface area (Å²) in [7, 11) is 8.01. The third kappa shape index (κ3) is 15.3. The molecule has 0 atom stereocenters. The number of methoxy groups -OCH3 is 1. The van der Waals surface area contributed by atoms with E-state index >= 15 is 0 Å². The summed E-state index contributed by atoms with van der Waals surface area (Å²) in [5.41, 5.74) is 19.6. The first-order valence-electron chi connectivity index (χ1n) is 37.1. The van der Waals surface area contributed by atoms with Crippen molar-refractivity contribution >= 4 is 150 Å². The zero-order chi connectivity index (χ0) is 74.2. The van der Waals surface area contributed by atoms with Gasteiger partial charge in [0.2, 0.25) is 0 Å². The molecule has 0 saturated heterocycles. The molecule has 0 aliphatic rings. The van der Waals surface area contributed by atoms with Gasteiger partial charge in [0.25, 0.3) is 0 Å². The Hall–Kier alpha value is -13.9. The smallest absolute Gasteiger partial charge is 0.119 e. The Kier molecular flexibility index (Phi) is 20.0. The number of fused-ring (bicyclic) bond motifs is 6. The van der Waals surface area contributed by atoms with Crippen LogP contribution in [0.4, 0.5) is 85.3 Å². The van der Waals surface area contributed by atoms with Gasteiger partial charge in [-0.2, -0.15) is 0 Å². The minimum Gasteiger partial charge on any atom is -0.497 e. The highest BCUT2D eigenvalue weighted by molar-refractivity contribution is 5.97. The molecule has 7 nitrogen and oxygen atoms in total. The predicted molar refractivity (Wildman–Crippen MR) is 468 cm³/mol. The third-order valence-corrected chi connectivity index (χ3v) is 20.7. The molecule has 0 aliphatic heterocycles. The van der Waals surface area contributed by atoms with Crippen molar-refractivity contribution < 1.29 is 4.74 Å². The van der Waals surface area contributed by atoms with E-state index in [-0.39, 0.29) is 0 Å². The van der Waals surface area contributed by atoms with E-state index in [0.717, 1.165) is 79.7 Å². The fourth-order valence-corrected chi connectivity index (χ4v) is 14.6. The fourth-order valence-electron chi connectivity index (χ4n) is 14.6. The number of benzene rings is 18. The van der Waals surface area contributed by atoms with Gasteiger partial charge < -0.3 is 34.1 Å². The highest BCUT2D eigenvalue weighted by Gasteiger charge is 2.20. The molecular weight excluding hydrogens is 1330 g/mol. The van der Waals surface area contributed by atoms with E-state index in [1.807, 2.05) is 12.1 Å². The Morgan fingerprint density at radius 1 is 0.165 bits per heavy atom. The lowest BCUT2D eigenvalue weighted by molar-refractivity contribution is 0.415. The van der Waals surface area contributed by atoms with E-state index in [4.69, 9.17) is 4.74 Å². The molecule has 109 heavy (non-hydrogen) atoms. The lowest BCUT2D eigenvalue weighted by atomic mass is 10.1. The Bertz CT molecular complexity index is 5960. The van der Waals surface area contributed by atoms with Crippen LogP contribution in [0.1, 0.15) is 11.1 Å². The van der Waals surface area contributed by atoms with Gasteiger partial charge in [0.1, 0.15) is 5.75 Å². The third-order valence-electron chi connectivity index (χ3n) is 20.7. The number of anilines is 15. The maximum atomic E-state index is 5.31. The molecule has 0 heterocycles. The summed E-state index contributed by atoms with van der Waals surface area (Å²) in [6.45, 7) is 4.25. The number of hydrogen-bond donors (Lipinski definition) is 0. The van der Waals surface area contributed by atoms with Gasteiger partial charge in [-0.3, -0.25) is 0 Å². The molecule has 0 bridgehead atoms. The van der Waals surface area contributed by atoms with Crippen LogP contribution in [0.15, 0.2) is 400 Å². The van der Waals surface area contributed by atoms with E-state index in [0.29, 0.717) is 0 Å². The summed E-state index contributed by atoms with van der Waals surface area (Å²) in [6.07, 6.45) is 0. The summed E-state index contributed by atoms with van der Waals surface area (Å²) < 4.78 is 5.31. The molecular formula is C102H84N6O. The summed E-state index contributed by atoms with van der Waals surface area (Å²) >= 11 is 0. The van der Waals surface area contributed by atoms with Crippen LogP contribution in [0.25, 0.3) is 64.6 Å². The molecule has 0 radical (unpaired) electrons. The molecule has 0 spiro atoms. The van der Waals surface area contributed by atoms with Crippen molar-refractivity contribution in [1.29, 1.82) is 0 Å². The van der Waals surface area contributed by atoms with Gasteiger partial charge in [0.05, 0.1) is 7.11 Å². The van der Waals surface area contributed by atoms with Crippen LogP contribution >= 0.6 is 0 Å². The van der Waals surface area contributed by atoms with Crippen molar-refractivity contribution in [2.45, 2.75) is 13.8 Å². The van der Waals surface area contributed by atoms with Crippen molar-refractivity contribution in [2.24, 2.45) is 0 Å². The second-order valence-electron chi connectivity index (χ2n) is 27.8. The number of hydrogen-bond acceptors (Lipinski definition) is 7. The molecule has 0 saturated carbocycles. The first-order chi connectivity index (χ1) is 53.5. The summed E-state index contributed by atoms with van der Waals surface area (Å²) in [5.74, 6) is 0.855. The molecule has 0 amide bonds. The van der Waals surface area contributed by atoms with Crippen LogP contribution in [-0.2, 0) is 0 Å². The van der Waals surface area contributed by atoms with Crippen molar-refractivity contribution in [3.05, 3.63) is 412 Å². The number of rotatable bonds is 16. The maximum Gasteiger partial charge on any atom is 0.119 e. The molecule has 0 N–H and O–H groups in total. The monoisotopic (exact) mass is 1410 g/mol. The molecule has 18 rings (SSSR count). The number of nitrogens with zero attached hydrogens (tertiary/aromatic N) is 6. The highest BCUT2D eigenvalue weighted by Crippen LogP contribution is 2.43. The normalized spacial score (nSPS) is 11.0. The lowest BCUT2D eigenvalue weighted by Gasteiger charge is -2.27. The Balaban J connectivity index is 0.000000124. The first kappa shape index (κ1) is 69.5. The minimum absolute atomic E-state index is 0.855. The van der Waals surface area contributed by atoms with Gasteiger partial charge in [-0.25, -0.2) is 0 Å². The predicted octanol–water partition coefficient (Wildman–Crippen LogP) is 28.3. The van der Waals surface area contributed by atoms with Gasteiger partial charge in [-0.1, -0.05) is 212 Å². The van der Waals surface area contributed by atoms with Crippen molar-refractivity contribution in [3.63, 3.8) is 0 Å². The SMILES string of the molecule is COc1ccc(N(C)c2ccc(N(c3ccc4ccccc4c3)c3ccc4ccccc4c3)cc2)cc1.Cc1ccc(N(C)c2ccc(N(c3ccc4ccccc4c3)c3ccc4ccccc4c3)cc2)cc1.Cc1cccc(N(C)c2ccc(N(c3ccc4ccccc4c3)c3ccc4ccccc4c3)cc2)c1. The van der Waals surface area contributed by atoms with E-state index < -0.39 is 0 Å². The molecule has 18 aromatic rings. The van der Waals surface area contributed by atoms with Crippen LogP contribution < -0.4 is 34.1 Å². The second-order valence-corrected chi connectivity index (χ2v) is 27.8. The molecule has 18 aromatic carbocycles. The summed E-state index contributed by atoms with van der Waals surface area (Å²) in [4.78, 5) is 13.6. The first-order valence-corrected chi connectivity index (χ1v) is 37.1.